The molecule has 0 aliphatic carbocycles. The smallest absolute Gasteiger partial charge is 0.131 e. The average Bonchev–Trinajstić information content (AvgIpc) is 2.81. The van der Waals surface area contributed by atoms with Gasteiger partial charge in [-0.3, -0.25) is 0 Å². The minimum absolute atomic E-state index is 0.772. The Morgan fingerprint density at radius 3 is 2.58 bits per heavy atom. The van der Waals surface area contributed by atoms with Crippen LogP contribution in [-0.4, -0.2) is 56.0 Å². The van der Waals surface area contributed by atoms with Gasteiger partial charge in [-0.15, -0.1) is 0 Å². The molecular weight excluding hydrogens is 408 g/mol. The maximum atomic E-state index is 4.66. The molecule has 1 aliphatic heterocycles. The number of aliphatic imine (C=N–C) groups is 1. The standard InChI is InChI=1S/C27H38N6/c1-6-7-12-29-27(18-22(3)23-8-9-24(19-28-4)21(2)17-23)31-26-11-10-25(20-30-26)33-15-13-32(5)14-16-33/h7-12,17-18,20,28H,6,13-16,19H2,1-5H3,(H,29,30,31)/b12-7+,22-18+. The number of hydrogen-bond donors (Lipinski definition) is 2. The van der Waals surface area contributed by atoms with Gasteiger partial charge in [0.25, 0.3) is 0 Å². The van der Waals surface area contributed by atoms with E-state index in [-0.39, 0.29) is 0 Å². The molecule has 6 nitrogen and oxygen atoms in total. The Morgan fingerprint density at radius 1 is 1.15 bits per heavy atom. The van der Waals surface area contributed by atoms with Gasteiger partial charge in [-0.25, -0.2) is 9.98 Å². The quantitative estimate of drug-likeness (QED) is 0.455. The van der Waals surface area contributed by atoms with Gasteiger partial charge >= 0.3 is 0 Å². The SMILES string of the molecule is CC/C=C/N=C(/C=C(\C)c1ccc(CNC)c(C)c1)Nc1ccc(N2CCN(C)CC2)cn1. The zero-order valence-corrected chi connectivity index (χ0v) is 20.7. The first-order chi connectivity index (χ1) is 16.0. The lowest BCUT2D eigenvalue weighted by Gasteiger charge is -2.33. The number of likely N-dealkylation sites (N-methyl/N-ethyl adjacent to an activating group) is 1. The van der Waals surface area contributed by atoms with Crippen LogP contribution < -0.4 is 15.5 Å². The molecule has 0 atom stereocenters. The molecule has 0 amide bonds. The number of benzene rings is 1. The summed E-state index contributed by atoms with van der Waals surface area (Å²) in [4.78, 5) is 14.1. The molecule has 6 heteroatoms. The zero-order valence-electron chi connectivity index (χ0n) is 20.7. The Bertz CT molecular complexity index is 982. The molecule has 2 N–H and O–H groups in total. The Hall–Kier alpha value is -2.96. The van der Waals surface area contributed by atoms with E-state index in [9.17, 15) is 0 Å². The van der Waals surface area contributed by atoms with Crippen LogP contribution in [0.1, 0.15) is 37.0 Å². The monoisotopic (exact) mass is 446 g/mol. The largest absolute Gasteiger partial charge is 0.368 e. The minimum atomic E-state index is 0.772. The topological polar surface area (TPSA) is 55.8 Å². The summed E-state index contributed by atoms with van der Waals surface area (Å²) in [7, 11) is 4.15. The molecule has 1 aliphatic rings. The maximum Gasteiger partial charge on any atom is 0.131 e. The summed E-state index contributed by atoms with van der Waals surface area (Å²) in [5.74, 6) is 1.56. The normalized spacial score (nSPS) is 16.0. The number of anilines is 2. The maximum absolute atomic E-state index is 4.66. The highest BCUT2D eigenvalue weighted by atomic mass is 15.2. The highest BCUT2D eigenvalue weighted by Gasteiger charge is 2.14. The van der Waals surface area contributed by atoms with E-state index in [1.807, 2.05) is 31.6 Å². The second kappa shape index (κ2) is 12.3. The number of aryl methyl sites for hydroxylation is 1. The molecule has 1 fully saturated rings. The van der Waals surface area contributed by atoms with E-state index in [1.54, 1.807) is 0 Å². The second-order valence-electron chi connectivity index (χ2n) is 8.62. The van der Waals surface area contributed by atoms with Crippen molar-refractivity contribution in [2.75, 3.05) is 50.5 Å². The van der Waals surface area contributed by atoms with E-state index < -0.39 is 0 Å². The number of hydrogen-bond acceptors (Lipinski definition) is 5. The van der Waals surface area contributed by atoms with Crippen LogP contribution in [0.5, 0.6) is 0 Å². The lowest BCUT2D eigenvalue weighted by Crippen LogP contribution is -2.44. The average molecular weight is 447 g/mol. The van der Waals surface area contributed by atoms with Crippen LogP contribution in [0, 0.1) is 6.92 Å². The van der Waals surface area contributed by atoms with Crippen molar-refractivity contribution in [3.05, 3.63) is 71.6 Å². The van der Waals surface area contributed by atoms with Crippen LogP contribution in [0.25, 0.3) is 5.57 Å². The zero-order chi connectivity index (χ0) is 23.6. The predicted octanol–water partition coefficient (Wildman–Crippen LogP) is 4.70. The Labute approximate surface area is 199 Å². The predicted molar refractivity (Wildman–Crippen MR) is 142 cm³/mol. The molecule has 0 saturated carbocycles. The van der Waals surface area contributed by atoms with Crippen molar-refractivity contribution < 1.29 is 0 Å². The fourth-order valence-electron chi connectivity index (χ4n) is 3.81. The number of pyridine rings is 1. The minimum Gasteiger partial charge on any atom is -0.368 e. The molecular formula is C27H38N6. The van der Waals surface area contributed by atoms with Crippen molar-refractivity contribution in [1.82, 2.24) is 15.2 Å². The Balaban J connectivity index is 1.76. The third kappa shape index (κ3) is 7.27. The molecule has 1 aromatic carbocycles. The van der Waals surface area contributed by atoms with Crippen LogP contribution in [-0.2, 0) is 6.54 Å². The van der Waals surface area contributed by atoms with Crippen molar-refractivity contribution in [3.8, 4) is 0 Å². The fraction of sp³-hybridized carbons (Fsp3) is 0.407. The first kappa shape index (κ1) is 24.7. The van der Waals surface area contributed by atoms with Crippen molar-refractivity contribution >= 4 is 22.9 Å². The van der Waals surface area contributed by atoms with Crippen molar-refractivity contribution in [1.29, 1.82) is 0 Å². The number of nitrogens with zero attached hydrogens (tertiary/aromatic N) is 4. The number of aromatic nitrogens is 1. The molecule has 0 bridgehead atoms. The summed E-state index contributed by atoms with van der Waals surface area (Å²) in [6.07, 6.45) is 8.89. The van der Waals surface area contributed by atoms with Gasteiger partial charge in [0.15, 0.2) is 0 Å². The van der Waals surface area contributed by atoms with Crippen LogP contribution in [0.15, 0.2) is 59.9 Å². The Morgan fingerprint density at radius 2 is 1.94 bits per heavy atom. The number of amidine groups is 1. The first-order valence-electron chi connectivity index (χ1n) is 11.8. The van der Waals surface area contributed by atoms with E-state index >= 15 is 0 Å². The van der Waals surface area contributed by atoms with Gasteiger partial charge < -0.3 is 20.4 Å². The van der Waals surface area contributed by atoms with E-state index in [0.29, 0.717) is 0 Å². The van der Waals surface area contributed by atoms with Gasteiger partial charge in [0.2, 0.25) is 0 Å². The summed E-state index contributed by atoms with van der Waals surface area (Å²) < 4.78 is 0. The second-order valence-corrected chi connectivity index (χ2v) is 8.62. The van der Waals surface area contributed by atoms with Gasteiger partial charge in [0.1, 0.15) is 11.7 Å². The van der Waals surface area contributed by atoms with Crippen LogP contribution in [0.4, 0.5) is 11.5 Å². The summed E-state index contributed by atoms with van der Waals surface area (Å²) in [5, 5.41) is 6.62. The molecule has 3 rings (SSSR count). The van der Waals surface area contributed by atoms with Gasteiger partial charge in [-0.2, -0.15) is 0 Å². The van der Waals surface area contributed by atoms with Crippen molar-refractivity contribution in [3.63, 3.8) is 0 Å². The molecule has 2 aromatic rings. The number of nitrogens with one attached hydrogen (secondary N) is 2. The fourth-order valence-corrected chi connectivity index (χ4v) is 3.81. The number of piperazine rings is 1. The van der Waals surface area contributed by atoms with Crippen LogP contribution in [0.3, 0.4) is 0 Å². The van der Waals surface area contributed by atoms with E-state index in [1.165, 1.54) is 22.4 Å². The molecule has 1 saturated heterocycles. The van der Waals surface area contributed by atoms with E-state index in [2.05, 4.69) is 88.6 Å². The number of rotatable bonds is 8. The molecule has 0 spiro atoms. The first-order valence-corrected chi connectivity index (χ1v) is 11.8. The molecule has 176 valence electrons. The van der Waals surface area contributed by atoms with Crippen LogP contribution >= 0.6 is 0 Å². The third-order valence-electron chi connectivity index (χ3n) is 5.95. The highest BCUT2D eigenvalue weighted by Crippen LogP contribution is 2.20. The lowest BCUT2D eigenvalue weighted by molar-refractivity contribution is 0.313. The van der Waals surface area contributed by atoms with Crippen molar-refractivity contribution in [2.45, 2.75) is 33.7 Å². The lowest BCUT2D eigenvalue weighted by atomic mass is 10.0. The van der Waals surface area contributed by atoms with Crippen molar-refractivity contribution in [2.24, 2.45) is 4.99 Å². The van der Waals surface area contributed by atoms with Gasteiger partial charge in [0, 0.05) is 38.9 Å². The van der Waals surface area contributed by atoms with E-state index in [4.69, 9.17) is 0 Å². The highest BCUT2D eigenvalue weighted by molar-refractivity contribution is 6.07. The van der Waals surface area contributed by atoms with Gasteiger partial charge in [0.05, 0.1) is 11.9 Å². The molecule has 1 aromatic heterocycles. The Kier molecular flexibility index (Phi) is 9.22. The molecule has 0 radical (unpaired) electrons. The number of allylic oxidation sites excluding steroid dienone is 2. The summed E-state index contributed by atoms with van der Waals surface area (Å²) in [6, 6.07) is 10.8. The van der Waals surface area contributed by atoms with Gasteiger partial charge in [-0.1, -0.05) is 31.2 Å². The summed E-state index contributed by atoms with van der Waals surface area (Å²) in [5.41, 5.74) is 6.12. The van der Waals surface area contributed by atoms with Crippen LogP contribution in [0.2, 0.25) is 0 Å². The van der Waals surface area contributed by atoms with E-state index in [0.717, 1.165) is 56.4 Å². The molecule has 0 unspecified atom stereocenters. The molecule has 2 heterocycles. The van der Waals surface area contributed by atoms with Gasteiger partial charge in [-0.05, 0) is 74.8 Å². The molecule has 33 heavy (non-hydrogen) atoms. The summed E-state index contributed by atoms with van der Waals surface area (Å²) in [6.45, 7) is 11.5. The summed E-state index contributed by atoms with van der Waals surface area (Å²) >= 11 is 0. The third-order valence-corrected chi connectivity index (χ3v) is 5.95.